The average molecular weight is 349 g/mol. The van der Waals surface area contributed by atoms with Crippen molar-refractivity contribution in [1.82, 2.24) is 25.5 Å². The van der Waals surface area contributed by atoms with Gasteiger partial charge in [0.25, 0.3) is 0 Å². The quantitative estimate of drug-likeness (QED) is 0.477. The molecule has 4 rings (SSSR count). The zero-order valence-corrected chi connectivity index (χ0v) is 14.2. The van der Waals surface area contributed by atoms with Crippen LogP contribution < -0.4 is 5.32 Å². The number of furan rings is 1. The first kappa shape index (κ1) is 16.1. The summed E-state index contributed by atoms with van der Waals surface area (Å²) in [4.78, 5) is 19.6. The molecule has 0 aliphatic heterocycles. The number of carbonyl (C=O) groups is 1. The summed E-state index contributed by atoms with van der Waals surface area (Å²) in [5.74, 6) is 1.68. The Labute approximate surface area is 149 Å². The summed E-state index contributed by atoms with van der Waals surface area (Å²) < 4.78 is 5.24. The van der Waals surface area contributed by atoms with Crippen molar-refractivity contribution in [3.8, 4) is 11.6 Å². The molecule has 0 bridgehead atoms. The summed E-state index contributed by atoms with van der Waals surface area (Å²) in [7, 11) is 0. The van der Waals surface area contributed by atoms with Gasteiger partial charge in [-0.05, 0) is 36.6 Å². The topological polar surface area (TPSA) is 99.6 Å². The Morgan fingerprint density at radius 3 is 3.00 bits per heavy atom. The molecule has 132 valence electrons. The minimum atomic E-state index is 0.000731. The number of hydrogen-bond donors (Lipinski definition) is 3. The van der Waals surface area contributed by atoms with Gasteiger partial charge in [-0.3, -0.25) is 9.89 Å². The van der Waals surface area contributed by atoms with Gasteiger partial charge in [0.05, 0.1) is 12.8 Å². The monoisotopic (exact) mass is 349 g/mol. The Hall–Kier alpha value is -3.35. The van der Waals surface area contributed by atoms with Crippen molar-refractivity contribution >= 4 is 16.8 Å². The predicted octanol–water partition coefficient (Wildman–Crippen LogP) is 3.19. The second-order valence-electron chi connectivity index (χ2n) is 6.07. The summed E-state index contributed by atoms with van der Waals surface area (Å²) in [6.45, 7) is 0.319. The lowest BCUT2D eigenvalue weighted by atomic mass is 10.1. The highest BCUT2D eigenvalue weighted by Gasteiger charge is 2.10. The van der Waals surface area contributed by atoms with Gasteiger partial charge in [-0.15, -0.1) is 5.10 Å². The number of fused-ring (bicyclic) bond motifs is 1. The number of benzene rings is 1. The molecule has 3 aromatic heterocycles. The van der Waals surface area contributed by atoms with Crippen molar-refractivity contribution in [2.45, 2.75) is 25.8 Å². The lowest BCUT2D eigenvalue weighted by Crippen LogP contribution is -2.23. The molecule has 0 radical (unpaired) electrons. The fraction of sp³-hybridized carbons (Fsp3) is 0.211. The van der Waals surface area contributed by atoms with Crippen molar-refractivity contribution in [3.05, 3.63) is 60.2 Å². The normalized spacial score (nSPS) is 11.1. The number of amides is 1. The second-order valence-corrected chi connectivity index (χ2v) is 6.07. The smallest absolute Gasteiger partial charge is 0.220 e. The van der Waals surface area contributed by atoms with E-state index in [0.717, 1.165) is 18.4 Å². The van der Waals surface area contributed by atoms with Crippen LogP contribution in [0.1, 0.15) is 24.2 Å². The van der Waals surface area contributed by atoms with E-state index in [1.54, 1.807) is 18.4 Å². The first-order chi connectivity index (χ1) is 12.8. The van der Waals surface area contributed by atoms with Gasteiger partial charge in [-0.2, -0.15) is 0 Å². The van der Waals surface area contributed by atoms with Crippen molar-refractivity contribution in [1.29, 1.82) is 0 Å². The zero-order chi connectivity index (χ0) is 17.8. The molecule has 26 heavy (non-hydrogen) atoms. The van der Waals surface area contributed by atoms with Crippen LogP contribution in [0, 0.1) is 0 Å². The van der Waals surface area contributed by atoms with E-state index in [9.17, 15) is 4.79 Å². The van der Waals surface area contributed by atoms with Gasteiger partial charge in [0, 0.05) is 23.5 Å². The third-order valence-electron chi connectivity index (χ3n) is 4.25. The van der Waals surface area contributed by atoms with E-state index in [-0.39, 0.29) is 5.91 Å². The van der Waals surface area contributed by atoms with E-state index in [2.05, 4.69) is 37.6 Å². The van der Waals surface area contributed by atoms with E-state index in [1.165, 1.54) is 10.9 Å². The van der Waals surface area contributed by atoms with Crippen LogP contribution in [0.2, 0.25) is 0 Å². The third-order valence-corrected chi connectivity index (χ3v) is 4.25. The van der Waals surface area contributed by atoms with E-state index in [1.807, 2.05) is 18.3 Å². The van der Waals surface area contributed by atoms with Gasteiger partial charge in [-0.1, -0.05) is 18.2 Å². The van der Waals surface area contributed by atoms with Gasteiger partial charge >= 0.3 is 0 Å². The lowest BCUT2D eigenvalue weighted by Gasteiger charge is -2.03. The van der Waals surface area contributed by atoms with Gasteiger partial charge in [0.2, 0.25) is 11.7 Å². The van der Waals surface area contributed by atoms with Crippen LogP contribution in [0.3, 0.4) is 0 Å². The number of aromatic nitrogens is 4. The summed E-state index contributed by atoms with van der Waals surface area (Å²) in [5.41, 5.74) is 2.37. The molecule has 1 amide bonds. The zero-order valence-electron chi connectivity index (χ0n) is 14.2. The molecule has 0 fully saturated rings. The number of aryl methyl sites for hydroxylation is 1. The predicted molar refractivity (Wildman–Crippen MR) is 97.2 cm³/mol. The van der Waals surface area contributed by atoms with Crippen molar-refractivity contribution < 1.29 is 9.21 Å². The van der Waals surface area contributed by atoms with Crippen LogP contribution in [0.25, 0.3) is 22.5 Å². The maximum Gasteiger partial charge on any atom is 0.220 e. The molecule has 0 saturated carbocycles. The highest BCUT2D eigenvalue weighted by molar-refractivity contribution is 5.83. The molecule has 0 unspecified atom stereocenters. The number of aromatic amines is 2. The fourth-order valence-electron chi connectivity index (χ4n) is 2.94. The molecule has 0 atom stereocenters. The molecule has 7 heteroatoms. The number of nitrogens with one attached hydrogen (secondary N) is 3. The number of H-pyrrole nitrogens is 2. The summed E-state index contributed by atoms with van der Waals surface area (Å²) >= 11 is 0. The molecule has 3 heterocycles. The highest BCUT2D eigenvalue weighted by Crippen LogP contribution is 2.19. The molecule has 0 aliphatic rings. The molecule has 7 nitrogen and oxygen atoms in total. The van der Waals surface area contributed by atoms with Gasteiger partial charge in [-0.25, -0.2) is 4.98 Å². The standard InChI is InChI=1S/C19H19N5O2/c25-18(9-3-5-13-11-20-15-7-2-1-6-14(13)15)21-12-17-22-19(24-23-17)16-8-4-10-26-16/h1-2,4,6-8,10-11,20H,3,5,9,12H2,(H,21,25)(H,22,23,24). The molecular formula is C19H19N5O2. The van der Waals surface area contributed by atoms with Gasteiger partial charge in [0.1, 0.15) is 5.82 Å². The van der Waals surface area contributed by atoms with Crippen LogP contribution in [0.15, 0.2) is 53.3 Å². The molecule has 0 aliphatic carbocycles. The van der Waals surface area contributed by atoms with E-state index in [0.29, 0.717) is 30.4 Å². The van der Waals surface area contributed by atoms with E-state index in [4.69, 9.17) is 4.42 Å². The minimum Gasteiger partial charge on any atom is -0.461 e. The van der Waals surface area contributed by atoms with Gasteiger partial charge in [0.15, 0.2) is 5.76 Å². The Kier molecular flexibility index (Phi) is 4.51. The maximum atomic E-state index is 12.0. The van der Waals surface area contributed by atoms with Crippen molar-refractivity contribution in [2.75, 3.05) is 0 Å². The number of rotatable bonds is 7. The third kappa shape index (κ3) is 3.51. The number of hydrogen-bond acceptors (Lipinski definition) is 4. The van der Waals surface area contributed by atoms with E-state index < -0.39 is 0 Å². The maximum absolute atomic E-state index is 12.0. The molecule has 1 aromatic carbocycles. The van der Waals surface area contributed by atoms with Crippen LogP contribution in [0.5, 0.6) is 0 Å². The Bertz CT molecular complexity index is 1000. The Morgan fingerprint density at radius 2 is 2.12 bits per heavy atom. The number of carbonyl (C=O) groups excluding carboxylic acids is 1. The Balaban J connectivity index is 1.24. The molecule has 3 N–H and O–H groups in total. The first-order valence-corrected chi connectivity index (χ1v) is 8.56. The molecule has 0 saturated heterocycles. The van der Waals surface area contributed by atoms with Crippen molar-refractivity contribution in [3.63, 3.8) is 0 Å². The Morgan fingerprint density at radius 1 is 1.19 bits per heavy atom. The average Bonchev–Trinajstić information content (AvgIpc) is 3.40. The van der Waals surface area contributed by atoms with Crippen LogP contribution in [0.4, 0.5) is 0 Å². The molecular weight excluding hydrogens is 330 g/mol. The summed E-state index contributed by atoms with van der Waals surface area (Å²) in [5, 5.41) is 11.0. The largest absolute Gasteiger partial charge is 0.461 e. The van der Waals surface area contributed by atoms with Crippen LogP contribution >= 0.6 is 0 Å². The SMILES string of the molecule is O=C(CCCc1c[nH]c2ccccc12)NCc1nc(-c2ccco2)n[nH]1. The fourth-order valence-corrected chi connectivity index (χ4v) is 2.94. The summed E-state index contributed by atoms with van der Waals surface area (Å²) in [6, 6.07) is 11.8. The first-order valence-electron chi connectivity index (χ1n) is 8.56. The molecule has 4 aromatic rings. The number of para-hydroxylation sites is 1. The second kappa shape index (κ2) is 7.26. The minimum absolute atomic E-state index is 0.000731. The van der Waals surface area contributed by atoms with Gasteiger partial charge < -0.3 is 14.7 Å². The van der Waals surface area contributed by atoms with Crippen LogP contribution in [-0.2, 0) is 17.8 Å². The number of nitrogens with zero attached hydrogens (tertiary/aromatic N) is 2. The van der Waals surface area contributed by atoms with Crippen molar-refractivity contribution in [2.24, 2.45) is 0 Å². The highest BCUT2D eigenvalue weighted by atomic mass is 16.3. The van der Waals surface area contributed by atoms with Crippen LogP contribution in [-0.4, -0.2) is 26.1 Å². The summed E-state index contributed by atoms with van der Waals surface area (Å²) in [6.07, 6.45) is 5.72. The molecule has 0 spiro atoms. The van der Waals surface area contributed by atoms with E-state index >= 15 is 0 Å². The lowest BCUT2D eigenvalue weighted by molar-refractivity contribution is -0.121.